The highest BCUT2D eigenvalue weighted by Crippen LogP contribution is 2.12. The number of sulfonamides is 1. The van der Waals surface area contributed by atoms with Crippen LogP contribution in [-0.4, -0.2) is 26.3 Å². The lowest BCUT2D eigenvalue weighted by Gasteiger charge is -2.27. The van der Waals surface area contributed by atoms with Crippen LogP contribution in [0, 0.1) is 0 Å². The summed E-state index contributed by atoms with van der Waals surface area (Å²) in [6.45, 7) is 5.66. The van der Waals surface area contributed by atoms with E-state index in [9.17, 15) is 8.42 Å². The third kappa shape index (κ3) is 6.98. The summed E-state index contributed by atoms with van der Waals surface area (Å²) in [6, 6.07) is 0.0456. The van der Waals surface area contributed by atoms with Gasteiger partial charge in [-0.25, -0.2) is 13.1 Å². The quantitative estimate of drug-likeness (QED) is 0.688. The molecule has 13 heavy (non-hydrogen) atoms. The van der Waals surface area contributed by atoms with Gasteiger partial charge < -0.3 is 5.73 Å². The van der Waals surface area contributed by atoms with E-state index in [0.29, 0.717) is 6.42 Å². The highest BCUT2D eigenvalue weighted by molar-refractivity contribution is 7.88. The van der Waals surface area contributed by atoms with Gasteiger partial charge in [-0.15, -0.1) is 0 Å². The Kier molecular flexibility index (Phi) is 4.35. The maximum Gasteiger partial charge on any atom is 0.209 e. The molecule has 0 aliphatic heterocycles. The minimum Gasteiger partial charge on any atom is -0.328 e. The lowest BCUT2D eigenvalue weighted by molar-refractivity contribution is 0.380. The van der Waals surface area contributed by atoms with Gasteiger partial charge in [-0.1, -0.05) is 6.92 Å². The first kappa shape index (κ1) is 12.9. The molecule has 0 rings (SSSR count). The van der Waals surface area contributed by atoms with Crippen LogP contribution in [0.3, 0.4) is 0 Å². The first-order valence-corrected chi connectivity index (χ1v) is 6.30. The Hall–Kier alpha value is -0.130. The van der Waals surface area contributed by atoms with Crippen LogP contribution in [0.2, 0.25) is 0 Å². The summed E-state index contributed by atoms with van der Waals surface area (Å²) in [5.41, 5.74) is 5.29. The fourth-order valence-corrected chi connectivity index (χ4v) is 2.43. The lowest BCUT2D eigenvalue weighted by atomic mass is 9.96. The molecule has 4 nitrogen and oxygen atoms in total. The van der Waals surface area contributed by atoms with Gasteiger partial charge in [-0.2, -0.15) is 0 Å². The third-order valence-corrected chi connectivity index (χ3v) is 2.68. The van der Waals surface area contributed by atoms with Gasteiger partial charge in [-0.05, 0) is 26.7 Å². The highest BCUT2D eigenvalue weighted by atomic mass is 32.2. The Bertz CT molecular complexity index is 247. The first-order valence-electron chi connectivity index (χ1n) is 4.41. The Morgan fingerprint density at radius 3 is 2.23 bits per heavy atom. The van der Waals surface area contributed by atoms with E-state index in [1.54, 1.807) is 0 Å². The van der Waals surface area contributed by atoms with E-state index in [1.165, 1.54) is 0 Å². The number of nitrogens with one attached hydrogen (secondary N) is 1. The molecule has 0 aromatic carbocycles. The second-order valence-electron chi connectivity index (χ2n) is 4.13. The molecule has 0 aromatic rings. The van der Waals surface area contributed by atoms with E-state index in [1.807, 2.05) is 20.8 Å². The Morgan fingerprint density at radius 2 is 1.92 bits per heavy atom. The Balaban J connectivity index is 4.24. The number of nitrogens with two attached hydrogens (primary N) is 1. The largest absolute Gasteiger partial charge is 0.328 e. The van der Waals surface area contributed by atoms with Crippen molar-refractivity contribution in [3.8, 4) is 0 Å². The lowest BCUT2D eigenvalue weighted by Crippen LogP contribution is -2.46. The van der Waals surface area contributed by atoms with Crippen LogP contribution in [0.1, 0.15) is 33.6 Å². The molecule has 0 aromatic heterocycles. The van der Waals surface area contributed by atoms with Gasteiger partial charge >= 0.3 is 0 Å². The SMILES string of the molecule is CCC(N)CC(C)(C)NS(C)(=O)=O. The van der Waals surface area contributed by atoms with Gasteiger partial charge in [0.2, 0.25) is 10.0 Å². The van der Waals surface area contributed by atoms with Crippen molar-refractivity contribution >= 4 is 10.0 Å². The van der Waals surface area contributed by atoms with Crippen LogP contribution in [0.4, 0.5) is 0 Å². The van der Waals surface area contributed by atoms with Crippen molar-refractivity contribution < 1.29 is 8.42 Å². The van der Waals surface area contributed by atoms with Crippen molar-refractivity contribution in [2.24, 2.45) is 5.73 Å². The summed E-state index contributed by atoms with van der Waals surface area (Å²) in [7, 11) is -3.14. The molecule has 0 aliphatic rings. The molecule has 80 valence electrons. The summed E-state index contributed by atoms with van der Waals surface area (Å²) < 4.78 is 24.5. The van der Waals surface area contributed by atoms with Gasteiger partial charge in [0.25, 0.3) is 0 Å². The van der Waals surface area contributed by atoms with Crippen LogP contribution in [0.5, 0.6) is 0 Å². The average molecular weight is 208 g/mol. The molecule has 0 spiro atoms. The third-order valence-electron chi connectivity index (χ3n) is 1.76. The molecular weight excluding hydrogens is 188 g/mol. The van der Waals surface area contributed by atoms with Gasteiger partial charge in [0, 0.05) is 11.6 Å². The second-order valence-corrected chi connectivity index (χ2v) is 5.88. The Morgan fingerprint density at radius 1 is 1.46 bits per heavy atom. The van der Waals surface area contributed by atoms with Crippen molar-refractivity contribution in [2.75, 3.05) is 6.26 Å². The zero-order valence-corrected chi connectivity index (χ0v) is 9.61. The molecule has 0 saturated heterocycles. The molecule has 0 amide bonds. The van der Waals surface area contributed by atoms with Crippen molar-refractivity contribution in [2.45, 2.75) is 45.2 Å². The molecule has 0 fully saturated rings. The number of hydrogen-bond donors (Lipinski definition) is 2. The molecule has 3 N–H and O–H groups in total. The minimum absolute atomic E-state index is 0.0456. The Labute approximate surface area is 80.9 Å². The van der Waals surface area contributed by atoms with E-state index in [4.69, 9.17) is 5.73 Å². The standard InChI is InChI=1S/C8H20N2O2S/c1-5-7(9)6-8(2,3)10-13(4,11)12/h7,10H,5-6,9H2,1-4H3. The molecule has 5 heteroatoms. The van der Waals surface area contributed by atoms with Gasteiger partial charge in [0.1, 0.15) is 0 Å². The second kappa shape index (κ2) is 4.39. The molecule has 0 bridgehead atoms. The highest BCUT2D eigenvalue weighted by Gasteiger charge is 2.23. The minimum atomic E-state index is -3.14. The fraction of sp³-hybridized carbons (Fsp3) is 1.00. The zero-order chi connectivity index (χ0) is 10.7. The fourth-order valence-electron chi connectivity index (χ4n) is 1.34. The average Bonchev–Trinajstić information content (AvgIpc) is 1.80. The molecule has 1 atom stereocenters. The first-order chi connectivity index (χ1) is 5.66. The predicted octanol–water partition coefficient (Wildman–Crippen LogP) is 0.442. The van der Waals surface area contributed by atoms with Crippen molar-refractivity contribution in [1.29, 1.82) is 0 Å². The van der Waals surface area contributed by atoms with Crippen LogP contribution < -0.4 is 10.5 Å². The smallest absolute Gasteiger partial charge is 0.209 e. The summed E-state index contributed by atoms with van der Waals surface area (Å²) in [6.07, 6.45) is 2.66. The summed E-state index contributed by atoms with van der Waals surface area (Å²) >= 11 is 0. The molecular formula is C8H20N2O2S. The monoisotopic (exact) mass is 208 g/mol. The van der Waals surface area contributed by atoms with Crippen molar-refractivity contribution in [3.05, 3.63) is 0 Å². The van der Waals surface area contributed by atoms with Gasteiger partial charge in [-0.3, -0.25) is 0 Å². The van der Waals surface area contributed by atoms with E-state index < -0.39 is 15.6 Å². The van der Waals surface area contributed by atoms with Crippen LogP contribution in [0.15, 0.2) is 0 Å². The van der Waals surface area contributed by atoms with Crippen LogP contribution in [0.25, 0.3) is 0 Å². The van der Waals surface area contributed by atoms with E-state index in [2.05, 4.69) is 4.72 Å². The van der Waals surface area contributed by atoms with E-state index in [-0.39, 0.29) is 6.04 Å². The summed E-state index contributed by atoms with van der Waals surface area (Å²) in [5.74, 6) is 0. The van der Waals surface area contributed by atoms with E-state index >= 15 is 0 Å². The summed E-state index contributed by atoms with van der Waals surface area (Å²) in [5, 5.41) is 0. The molecule has 0 aliphatic carbocycles. The number of hydrogen-bond acceptors (Lipinski definition) is 3. The summed E-state index contributed by atoms with van der Waals surface area (Å²) in [4.78, 5) is 0. The molecule has 1 unspecified atom stereocenters. The van der Waals surface area contributed by atoms with Crippen molar-refractivity contribution in [3.63, 3.8) is 0 Å². The van der Waals surface area contributed by atoms with Crippen molar-refractivity contribution in [1.82, 2.24) is 4.72 Å². The maximum atomic E-state index is 11.0. The number of rotatable bonds is 5. The van der Waals surface area contributed by atoms with Crippen LogP contribution >= 0.6 is 0 Å². The van der Waals surface area contributed by atoms with Gasteiger partial charge in [0.15, 0.2) is 0 Å². The predicted molar refractivity (Wildman–Crippen MR) is 54.9 cm³/mol. The van der Waals surface area contributed by atoms with Crippen LogP contribution in [-0.2, 0) is 10.0 Å². The molecule has 0 heterocycles. The maximum absolute atomic E-state index is 11.0. The normalized spacial score (nSPS) is 15.8. The molecule has 0 radical (unpaired) electrons. The van der Waals surface area contributed by atoms with E-state index in [0.717, 1.165) is 12.7 Å². The topological polar surface area (TPSA) is 72.2 Å². The van der Waals surface area contributed by atoms with Gasteiger partial charge in [0.05, 0.1) is 6.26 Å². The molecule has 0 saturated carbocycles. The zero-order valence-electron chi connectivity index (χ0n) is 8.79.